The summed E-state index contributed by atoms with van der Waals surface area (Å²) in [5.41, 5.74) is 0.263. The zero-order valence-electron chi connectivity index (χ0n) is 11.8. The number of rotatable bonds is 6. The minimum atomic E-state index is -0.118. The lowest BCUT2D eigenvalue weighted by Crippen LogP contribution is -2.45. The molecule has 4 nitrogen and oxygen atoms in total. The summed E-state index contributed by atoms with van der Waals surface area (Å²) in [6.07, 6.45) is 1.95. The third kappa shape index (κ3) is 3.92. The van der Waals surface area contributed by atoms with Gasteiger partial charge in [-0.05, 0) is 25.3 Å². The normalized spacial score (nSPS) is 33.7. The molecule has 18 heavy (non-hydrogen) atoms. The molecular formula is C14H28N2O2. The molecular weight excluding hydrogens is 228 g/mol. The zero-order chi connectivity index (χ0) is 13.0. The molecule has 106 valence electrons. The first-order chi connectivity index (χ1) is 8.60. The zero-order valence-corrected chi connectivity index (χ0v) is 11.8. The number of β-amino-alcohol motifs (C(OH)–C–C–N with tert-alkyl or cyclic N) is 1. The van der Waals surface area contributed by atoms with E-state index in [-0.39, 0.29) is 11.5 Å². The highest BCUT2D eigenvalue weighted by Gasteiger charge is 2.37. The molecule has 2 unspecified atom stereocenters. The number of hydrogen-bond donors (Lipinski definition) is 2. The van der Waals surface area contributed by atoms with Crippen molar-refractivity contribution in [3.63, 3.8) is 0 Å². The Morgan fingerprint density at radius 2 is 2.33 bits per heavy atom. The van der Waals surface area contributed by atoms with E-state index < -0.39 is 0 Å². The van der Waals surface area contributed by atoms with Gasteiger partial charge in [0.2, 0.25) is 0 Å². The van der Waals surface area contributed by atoms with Crippen molar-refractivity contribution in [2.45, 2.75) is 32.8 Å². The van der Waals surface area contributed by atoms with Crippen LogP contribution < -0.4 is 5.32 Å². The van der Waals surface area contributed by atoms with Crippen LogP contribution in [-0.4, -0.2) is 62.0 Å². The molecule has 0 bridgehead atoms. The Morgan fingerprint density at radius 3 is 2.89 bits per heavy atom. The number of hydrogen-bond acceptors (Lipinski definition) is 4. The molecule has 0 spiro atoms. The maximum Gasteiger partial charge on any atom is 0.0679 e. The van der Waals surface area contributed by atoms with Crippen LogP contribution >= 0.6 is 0 Å². The average molecular weight is 256 g/mol. The van der Waals surface area contributed by atoms with Crippen molar-refractivity contribution in [2.24, 2.45) is 11.3 Å². The topological polar surface area (TPSA) is 44.7 Å². The fourth-order valence-corrected chi connectivity index (χ4v) is 3.03. The number of likely N-dealkylation sites (tertiary alicyclic amines) is 1. The molecule has 4 heteroatoms. The predicted molar refractivity (Wildman–Crippen MR) is 72.6 cm³/mol. The van der Waals surface area contributed by atoms with Crippen LogP contribution in [0.5, 0.6) is 0 Å². The van der Waals surface area contributed by atoms with Gasteiger partial charge in [-0.1, -0.05) is 13.8 Å². The van der Waals surface area contributed by atoms with Crippen LogP contribution in [0.2, 0.25) is 0 Å². The largest absolute Gasteiger partial charge is 0.392 e. The van der Waals surface area contributed by atoms with Crippen LogP contribution in [0, 0.1) is 11.3 Å². The van der Waals surface area contributed by atoms with E-state index in [2.05, 4.69) is 24.1 Å². The van der Waals surface area contributed by atoms with Crippen molar-refractivity contribution < 1.29 is 9.84 Å². The summed E-state index contributed by atoms with van der Waals surface area (Å²) in [5.74, 6) is 0.693. The number of nitrogens with one attached hydrogen (secondary N) is 1. The molecule has 2 fully saturated rings. The summed E-state index contributed by atoms with van der Waals surface area (Å²) >= 11 is 0. The molecule has 0 aromatic carbocycles. The summed E-state index contributed by atoms with van der Waals surface area (Å²) in [7, 11) is 0. The minimum Gasteiger partial charge on any atom is -0.392 e. The Kier molecular flexibility index (Phi) is 5.01. The van der Waals surface area contributed by atoms with Crippen molar-refractivity contribution in [1.82, 2.24) is 10.2 Å². The van der Waals surface area contributed by atoms with Crippen molar-refractivity contribution >= 4 is 0 Å². The third-order valence-corrected chi connectivity index (χ3v) is 4.04. The number of aliphatic hydroxyl groups excluding tert-OH is 1. The van der Waals surface area contributed by atoms with Crippen LogP contribution in [0.25, 0.3) is 0 Å². The van der Waals surface area contributed by atoms with Crippen LogP contribution in [0.1, 0.15) is 26.7 Å². The molecule has 2 aliphatic rings. The average Bonchev–Trinajstić information content (AvgIpc) is 2.89. The summed E-state index contributed by atoms with van der Waals surface area (Å²) < 4.78 is 5.63. The minimum absolute atomic E-state index is 0.118. The lowest BCUT2D eigenvalue weighted by atomic mass is 9.86. The molecule has 0 saturated carbocycles. The highest BCUT2D eigenvalue weighted by atomic mass is 16.5. The molecule has 2 rings (SSSR count). The SMILES string of the molecule is CC(C)CNCC1(CN2CCC(O)C2)CCOC1. The lowest BCUT2D eigenvalue weighted by Gasteiger charge is -2.32. The molecule has 2 aliphatic heterocycles. The van der Waals surface area contributed by atoms with E-state index in [0.717, 1.165) is 58.8 Å². The third-order valence-electron chi connectivity index (χ3n) is 4.04. The Hall–Kier alpha value is -0.160. The van der Waals surface area contributed by atoms with Gasteiger partial charge in [-0.3, -0.25) is 4.90 Å². The fourth-order valence-electron chi connectivity index (χ4n) is 3.03. The van der Waals surface area contributed by atoms with Crippen molar-refractivity contribution in [3.8, 4) is 0 Å². The van der Waals surface area contributed by atoms with Crippen LogP contribution in [-0.2, 0) is 4.74 Å². The molecule has 2 N–H and O–H groups in total. The second-order valence-corrected chi connectivity index (χ2v) is 6.50. The highest BCUT2D eigenvalue weighted by Crippen LogP contribution is 2.30. The van der Waals surface area contributed by atoms with Gasteiger partial charge in [0.25, 0.3) is 0 Å². The quantitative estimate of drug-likeness (QED) is 0.734. The standard InChI is InChI=1S/C14H28N2O2/c1-12(2)7-15-9-14(4-6-18-11-14)10-16-5-3-13(17)8-16/h12-13,15,17H,3-11H2,1-2H3. The second-order valence-electron chi connectivity index (χ2n) is 6.50. The first kappa shape index (κ1) is 14.3. The smallest absolute Gasteiger partial charge is 0.0679 e. The second kappa shape index (κ2) is 6.33. The Morgan fingerprint density at radius 1 is 1.50 bits per heavy atom. The van der Waals surface area contributed by atoms with Gasteiger partial charge in [-0.15, -0.1) is 0 Å². The molecule has 0 aromatic rings. The van der Waals surface area contributed by atoms with Crippen LogP contribution in [0.4, 0.5) is 0 Å². The lowest BCUT2D eigenvalue weighted by molar-refractivity contribution is 0.108. The Bertz CT molecular complexity index is 252. The van der Waals surface area contributed by atoms with Crippen molar-refractivity contribution in [1.29, 1.82) is 0 Å². The van der Waals surface area contributed by atoms with E-state index in [0.29, 0.717) is 5.92 Å². The van der Waals surface area contributed by atoms with Gasteiger partial charge >= 0.3 is 0 Å². The van der Waals surface area contributed by atoms with Crippen molar-refractivity contribution in [3.05, 3.63) is 0 Å². The molecule has 2 saturated heterocycles. The highest BCUT2D eigenvalue weighted by molar-refractivity contribution is 4.90. The van der Waals surface area contributed by atoms with E-state index in [4.69, 9.17) is 4.74 Å². The number of ether oxygens (including phenoxy) is 1. The summed E-state index contributed by atoms with van der Waals surface area (Å²) in [6, 6.07) is 0. The molecule has 2 atom stereocenters. The molecule has 0 amide bonds. The van der Waals surface area contributed by atoms with E-state index in [9.17, 15) is 5.11 Å². The van der Waals surface area contributed by atoms with E-state index >= 15 is 0 Å². The summed E-state index contributed by atoms with van der Waals surface area (Å²) in [5, 5.41) is 13.2. The molecule has 0 radical (unpaired) electrons. The van der Waals surface area contributed by atoms with Gasteiger partial charge in [-0.2, -0.15) is 0 Å². The maximum absolute atomic E-state index is 9.62. The van der Waals surface area contributed by atoms with Gasteiger partial charge in [0.15, 0.2) is 0 Å². The van der Waals surface area contributed by atoms with Gasteiger partial charge in [0.1, 0.15) is 0 Å². The van der Waals surface area contributed by atoms with Gasteiger partial charge in [-0.25, -0.2) is 0 Å². The first-order valence-corrected chi connectivity index (χ1v) is 7.28. The first-order valence-electron chi connectivity index (χ1n) is 7.28. The monoisotopic (exact) mass is 256 g/mol. The summed E-state index contributed by atoms with van der Waals surface area (Å²) in [6.45, 7) is 11.3. The van der Waals surface area contributed by atoms with Crippen LogP contribution in [0.3, 0.4) is 0 Å². The van der Waals surface area contributed by atoms with Gasteiger partial charge in [0, 0.05) is 38.2 Å². The molecule has 2 heterocycles. The number of nitrogens with zero attached hydrogens (tertiary/aromatic N) is 1. The van der Waals surface area contributed by atoms with Gasteiger partial charge < -0.3 is 15.2 Å². The van der Waals surface area contributed by atoms with E-state index in [1.807, 2.05) is 0 Å². The Balaban J connectivity index is 1.82. The van der Waals surface area contributed by atoms with Crippen molar-refractivity contribution in [2.75, 3.05) is 45.9 Å². The van der Waals surface area contributed by atoms with Gasteiger partial charge in [0.05, 0.1) is 12.7 Å². The molecule has 0 aliphatic carbocycles. The predicted octanol–water partition coefficient (Wildman–Crippen LogP) is 0.705. The fraction of sp³-hybridized carbons (Fsp3) is 1.00. The van der Waals surface area contributed by atoms with Crippen LogP contribution in [0.15, 0.2) is 0 Å². The maximum atomic E-state index is 9.62. The number of aliphatic hydroxyl groups is 1. The van der Waals surface area contributed by atoms with E-state index in [1.54, 1.807) is 0 Å². The summed E-state index contributed by atoms with van der Waals surface area (Å²) in [4.78, 5) is 2.40. The molecule has 0 aromatic heterocycles. The Labute approximate surface area is 111 Å². The van der Waals surface area contributed by atoms with E-state index in [1.165, 1.54) is 0 Å².